The number of hydrogen-bond acceptors (Lipinski definition) is 13. The van der Waals surface area contributed by atoms with E-state index in [1.165, 1.54) is 28.4 Å². The van der Waals surface area contributed by atoms with Crippen molar-refractivity contribution in [3.8, 4) is 23.0 Å². The molecule has 13 heteroatoms. The molecule has 2 aromatic rings. The first-order chi connectivity index (χ1) is 19.1. The van der Waals surface area contributed by atoms with Gasteiger partial charge in [-0.05, 0) is 52.0 Å². The van der Waals surface area contributed by atoms with Crippen LogP contribution in [0.5, 0.6) is 23.0 Å². The lowest BCUT2D eigenvalue weighted by atomic mass is 9.97. The van der Waals surface area contributed by atoms with Crippen molar-refractivity contribution in [2.75, 3.05) is 28.4 Å². The first-order valence-electron chi connectivity index (χ1n) is 12.2. The molecule has 2 N–H and O–H groups in total. The lowest BCUT2D eigenvalue weighted by Crippen LogP contribution is -2.38. The van der Waals surface area contributed by atoms with Gasteiger partial charge in [0.15, 0.2) is 0 Å². The molecule has 2 aromatic carbocycles. The van der Waals surface area contributed by atoms with Crippen LogP contribution in [0.25, 0.3) is 0 Å². The molecule has 1 atom stereocenters. The summed E-state index contributed by atoms with van der Waals surface area (Å²) in [7, 11) is 5.85. The van der Waals surface area contributed by atoms with Crippen molar-refractivity contribution in [3.05, 3.63) is 47.5 Å². The maximum absolute atomic E-state index is 12.3. The Morgan fingerprint density at radius 2 is 0.976 bits per heavy atom. The van der Waals surface area contributed by atoms with Crippen LogP contribution in [0.2, 0.25) is 0 Å². The Kier molecular flexibility index (Phi) is 10.9. The molecule has 13 nitrogen and oxygen atoms in total. The molecule has 0 fully saturated rings. The summed E-state index contributed by atoms with van der Waals surface area (Å²) in [6.45, 7) is 6.23. The fourth-order valence-corrected chi connectivity index (χ4v) is 3.44. The number of esters is 2. The van der Waals surface area contributed by atoms with E-state index in [1.807, 2.05) is 0 Å². The van der Waals surface area contributed by atoms with E-state index < -0.39 is 47.9 Å². The van der Waals surface area contributed by atoms with Crippen molar-refractivity contribution in [1.29, 1.82) is 0 Å². The summed E-state index contributed by atoms with van der Waals surface area (Å²) in [5.74, 6) is -0.652. The number of carbonyl (C=O) groups excluding carboxylic acids is 4. The van der Waals surface area contributed by atoms with E-state index in [-0.39, 0.29) is 0 Å². The molecule has 224 valence electrons. The predicted octanol–water partition coefficient (Wildman–Crippen LogP) is 3.97. The van der Waals surface area contributed by atoms with Gasteiger partial charge < -0.3 is 43.6 Å². The zero-order valence-corrected chi connectivity index (χ0v) is 24.2. The SMILES string of the molecule is COc1cc(OC)cc(C(C)(C)OC(=O)OC(=O)C[C@H](N)C(=O)OC(=O)OC(C)(C)c2cc(OC)cc(OC)c2)c1. The van der Waals surface area contributed by atoms with Gasteiger partial charge in [0.25, 0.3) is 0 Å². The van der Waals surface area contributed by atoms with E-state index in [9.17, 15) is 19.2 Å². The number of methoxy groups -OCH3 is 4. The smallest absolute Gasteiger partial charge is 0.497 e. The molecule has 0 saturated heterocycles. The van der Waals surface area contributed by atoms with E-state index in [4.69, 9.17) is 34.2 Å². The van der Waals surface area contributed by atoms with Gasteiger partial charge >= 0.3 is 24.2 Å². The van der Waals surface area contributed by atoms with Crippen LogP contribution in [0.3, 0.4) is 0 Å². The molecule has 0 saturated carbocycles. The third-order valence-electron chi connectivity index (χ3n) is 5.84. The van der Waals surface area contributed by atoms with Gasteiger partial charge in [-0.2, -0.15) is 0 Å². The lowest BCUT2D eigenvalue weighted by Gasteiger charge is -2.26. The Balaban J connectivity index is 1.94. The highest BCUT2D eigenvalue weighted by Gasteiger charge is 2.32. The monoisotopic (exact) mass is 577 g/mol. The molecule has 0 amide bonds. The average Bonchev–Trinajstić information content (AvgIpc) is 2.91. The zero-order valence-electron chi connectivity index (χ0n) is 24.2. The van der Waals surface area contributed by atoms with Gasteiger partial charge in [-0.3, -0.25) is 4.79 Å². The van der Waals surface area contributed by atoms with Gasteiger partial charge in [-0.1, -0.05) is 0 Å². The topological polar surface area (TPSA) is 168 Å². The van der Waals surface area contributed by atoms with E-state index in [1.54, 1.807) is 64.1 Å². The van der Waals surface area contributed by atoms with Crippen LogP contribution in [-0.2, 0) is 39.7 Å². The maximum atomic E-state index is 12.3. The molecule has 0 bridgehead atoms. The van der Waals surface area contributed by atoms with E-state index in [0.717, 1.165) is 0 Å². The summed E-state index contributed by atoms with van der Waals surface area (Å²) in [6.07, 6.45) is -3.48. The number of rotatable bonds is 11. The Bertz CT molecular complexity index is 1230. The van der Waals surface area contributed by atoms with Crippen LogP contribution < -0.4 is 24.7 Å². The molecular formula is C28H35NO12. The minimum Gasteiger partial charge on any atom is -0.497 e. The van der Waals surface area contributed by atoms with Crippen molar-refractivity contribution < 1.29 is 57.1 Å². The van der Waals surface area contributed by atoms with Crippen molar-refractivity contribution in [2.24, 2.45) is 5.73 Å². The standard InChI is InChI=1S/C28H35NO12/c1-27(2,16-9-18(34-5)13-19(10-16)35-6)40-25(32)38-23(30)15-22(29)24(31)39-26(33)41-28(3,4)17-11-20(36-7)14-21(12-17)37-8/h9-14,22H,15,29H2,1-8H3/t22-/m0/s1. The Labute approximate surface area is 237 Å². The molecule has 0 aliphatic heterocycles. The molecule has 2 rings (SSSR count). The molecule has 0 aliphatic carbocycles. The van der Waals surface area contributed by atoms with E-state index in [2.05, 4.69) is 9.47 Å². The normalized spacial score (nSPS) is 11.9. The highest BCUT2D eigenvalue weighted by Crippen LogP contribution is 2.33. The van der Waals surface area contributed by atoms with E-state index >= 15 is 0 Å². The average molecular weight is 578 g/mol. The summed E-state index contributed by atoms with van der Waals surface area (Å²) < 4.78 is 40.7. The quantitative estimate of drug-likeness (QED) is 0.301. The van der Waals surface area contributed by atoms with Crippen molar-refractivity contribution in [2.45, 2.75) is 51.4 Å². The molecule has 0 heterocycles. The van der Waals surface area contributed by atoms with Gasteiger partial charge in [-0.15, -0.1) is 0 Å². The predicted molar refractivity (Wildman–Crippen MR) is 143 cm³/mol. The Hall–Kier alpha value is -4.52. The second-order valence-corrected chi connectivity index (χ2v) is 9.63. The zero-order chi connectivity index (χ0) is 31.0. The fraction of sp³-hybridized carbons (Fsp3) is 0.429. The molecule has 0 spiro atoms. The summed E-state index contributed by atoms with van der Waals surface area (Å²) >= 11 is 0. The number of nitrogens with two attached hydrogens (primary N) is 1. The second-order valence-electron chi connectivity index (χ2n) is 9.63. The molecule has 0 aromatic heterocycles. The van der Waals surface area contributed by atoms with Gasteiger partial charge in [0.05, 0.1) is 34.9 Å². The molecule has 0 radical (unpaired) electrons. The largest absolute Gasteiger partial charge is 0.517 e. The molecular weight excluding hydrogens is 542 g/mol. The summed E-state index contributed by atoms with van der Waals surface area (Å²) in [6, 6.07) is 8.10. The van der Waals surface area contributed by atoms with Gasteiger partial charge in [-0.25, -0.2) is 14.4 Å². The van der Waals surface area contributed by atoms with Crippen LogP contribution in [-0.4, -0.2) is 58.7 Å². The first-order valence-corrected chi connectivity index (χ1v) is 12.2. The van der Waals surface area contributed by atoms with Crippen LogP contribution in [0.15, 0.2) is 36.4 Å². The van der Waals surface area contributed by atoms with Gasteiger partial charge in [0, 0.05) is 23.3 Å². The second kappa shape index (κ2) is 13.7. The van der Waals surface area contributed by atoms with Crippen molar-refractivity contribution in [1.82, 2.24) is 0 Å². The molecule has 41 heavy (non-hydrogen) atoms. The van der Waals surface area contributed by atoms with E-state index in [0.29, 0.717) is 34.1 Å². The van der Waals surface area contributed by atoms with Crippen LogP contribution in [0, 0.1) is 0 Å². The highest BCUT2D eigenvalue weighted by atomic mass is 16.8. The third kappa shape index (κ3) is 9.28. The van der Waals surface area contributed by atoms with Crippen LogP contribution in [0.4, 0.5) is 9.59 Å². The van der Waals surface area contributed by atoms with Crippen molar-refractivity contribution >= 4 is 24.2 Å². The van der Waals surface area contributed by atoms with Crippen LogP contribution in [0.1, 0.15) is 45.2 Å². The molecule has 0 aliphatic rings. The summed E-state index contributed by atoms with van der Waals surface area (Å²) in [5.41, 5.74) is 4.13. The number of benzene rings is 2. The third-order valence-corrected chi connectivity index (χ3v) is 5.84. The van der Waals surface area contributed by atoms with Crippen LogP contribution >= 0.6 is 0 Å². The minimum absolute atomic E-state index is 0.450. The number of carbonyl (C=O) groups is 4. The molecule has 0 unspecified atom stereocenters. The maximum Gasteiger partial charge on any atom is 0.517 e. The van der Waals surface area contributed by atoms with Gasteiger partial charge in [0.1, 0.15) is 40.2 Å². The Morgan fingerprint density at radius 3 is 1.32 bits per heavy atom. The number of hydrogen-bond donors (Lipinski definition) is 1. The summed E-state index contributed by atoms with van der Waals surface area (Å²) in [5, 5.41) is 0. The summed E-state index contributed by atoms with van der Waals surface area (Å²) in [4.78, 5) is 49.1. The van der Waals surface area contributed by atoms with Gasteiger partial charge in [0.2, 0.25) is 0 Å². The minimum atomic E-state index is -1.64. The lowest BCUT2D eigenvalue weighted by molar-refractivity contribution is -0.150. The fourth-order valence-electron chi connectivity index (χ4n) is 3.44. The number of ether oxygens (including phenoxy) is 8. The highest BCUT2D eigenvalue weighted by molar-refractivity contribution is 5.90. The first kappa shape index (κ1) is 32.7. The van der Waals surface area contributed by atoms with Crippen molar-refractivity contribution in [3.63, 3.8) is 0 Å². The Morgan fingerprint density at radius 1 is 0.634 bits per heavy atom.